The zero-order chi connectivity index (χ0) is 39.5. The number of hydrogen-bond acceptors (Lipinski definition) is 0. The van der Waals surface area contributed by atoms with E-state index in [9.17, 15) is 52.7 Å². The van der Waals surface area contributed by atoms with E-state index in [0.29, 0.717) is 48.4 Å². The predicted octanol–water partition coefficient (Wildman–Crippen LogP) is 14.8. The quantitative estimate of drug-likeness (QED) is 0.148. The smallest absolute Gasteiger partial charge is 0.166 e. The van der Waals surface area contributed by atoms with Gasteiger partial charge in [0.25, 0.3) is 0 Å². The van der Waals surface area contributed by atoms with Crippen molar-refractivity contribution in [2.45, 2.75) is 170 Å². The van der Waals surface area contributed by atoms with Crippen LogP contribution in [0.5, 0.6) is 0 Å². The molecule has 4 saturated carbocycles. The van der Waals surface area contributed by atoms with Crippen LogP contribution in [0.4, 0.5) is 52.7 Å². The van der Waals surface area contributed by atoms with Crippen molar-refractivity contribution in [3.05, 3.63) is 58.7 Å². The molecule has 0 nitrogen and oxygen atoms in total. The number of rotatable bonds is 7. The first-order chi connectivity index (χ1) is 25.2. The van der Waals surface area contributed by atoms with E-state index in [-0.39, 0.29) is 47.2 Å². The average Bonchev–Trinajstić information content (AvgIpc) is 3.84. The molecule has 0 N–H and O–H groups in total. The normalized spacial score (nSPS) is 22.7. The molecule has 0 aromatic heterocycles. The van der Waals surface area contributed by atoms with Crippen molar-refractivity contribution in [2.24, 2.45) is 5.92 Å². The standard InChI is InChI=1S/C35H40F12P2.C5H10.Fe/c1-21(48(26-9-4-2-5-10-26)27-11-6-3-7-12-27)30-13-8-14-31(30)49(28-17-22(32(36,37)38)15-23(18-28)33(39,40)41)29-19-24(34(42,43)44)16-25(20-29)35(45,46)47;1-2-4-5-3-1;/h15-21,26-27,30-31H,2-14H2,1H3;1-5H2;/t21-,30?,31?;;/m0../s1. The van der Waals surface area contributed by atoms with Crippen LogP contribution in [-0.2, 0) is 41.8 Å². The second-order valence-corrected chi connectivity index (χ2v) is 21.2. The molecule has 0 aliphatic heterocycles. The molecule has 2 aromatic carbocycles. The van der Waals surface area contributed by atoms with Gasteiger partial charge in [0.05, 0.1) is 22.3 Å². The van der Waals surface area contributed by atoms with Crippen LogP contribution < -0.4 is 10.6 Å². The van der Waals surface area contributed by atoms with Gasteiger partial charge in [0.2, 0.25) is 0 Å². The number of halogens is 12. The van der Waals surface area contributed by atoms with Gasteiger partial charge in [-0.05, 0) is 122 Å². The van der Waals surface area contributed by atoms with Crippen LogP contribution in [0.1, 0.15) is 145 Å². The summed E-state index contributed by atoms with van der Waals surface area (Å²) in [5, 5.41) is -1.01. The van der Waals surface area contributed by atoms with E-state index in [4.69, 9.17) is 0 Å². The van der Waals surface area contributed by atoms with Crippen molar-refractivity contribution in [2.75, 3.05) is 0 Å². The van der Waals surface area contributed by atoms with Crippen LogP contribution in [-0.4, -0.2) is 22.6 Å². The molecule has 2 unspecified atom stereocenters. The summed E-state index contributed by atoms with van der Waals surface area (Å²) in [6.07, 6.45) is -1.42. The summed E-state index contributed by atoms with van der Waals surface area (Å²) in [7, 11) is -3.19. The van der Waals surface area contributed by atoms with Gasteiger partial charge in [-0.15, -0.1) is 0 Å². The van der Waals surface area contributed by atoms with Crippen molar-refractivity contribution in [1.29, 1.82) is 0 Å². The molecule has 4 aliphatic carbocycles. The molecule has 0 radical (unpaired) electrons. The van der Waals surface area contributed by atoms with Gasteiger partial charge < -0.3 is 0 Å². The second kappa shape index (κ2) is 19.4. The van der Waals surface area contributed by atoms with Crippen molar-refractivity contribution >= 4 is 26.5 Å². The van der Waals surface area contributed by atoms with Gasteiger partial charge in [-0.1, -0.05) is 91.9 Å². The molecule has 15 heteroatoms. The molecular weight excluding hydrogens is 826 g/mol. The molecular formula is C40H50F12FeP2. The third-order valence-corrected chi connectivity index (χ3v) is 18.9. The Balaban J connectivity index is 0.00000104. The summed E-state index contributed by atoms with van der Waals surface area (Å²) in [5.41, 5.74) is -6.38. The molecule has 3 atom stereocenters. The maximum Gasteiger partial charge on any atom is 0.416 e. The Hall–Kier alpha value is -1.02. The van der Waals surface area contributed by atoms with E-state index in [0.717, 1.165) is 64.2 Å². The summed E-state index contributed by atoms with van der Waals surface area (Å²) >= 11 is 0. The van der Waals surface area contributed by atoms with Crippen LogP contribution in [0.15, 0.2) is 36.4 Å². The third kappa shape index (κ3) is 12.3. The minimum absolute atomic E-state index is 0. The van der Waals surface area contributed by atoms with E-state index >= 15 is 0 Å². The summed E-state index contributed by atoms with van der Waals surface area (Å²) in [6, 6.07) is 1.95. The van der Waals surface area contributed by atoms with Gasteiger partial charge in [-0.3, -0.25) is 0 Å². The molecule has 312 valence electrons. The molecule has 0 saturated heterocycles. The maximum atomic E-state index is 14.1. The van der Waals surface area contributed by atoms with Crippen molar-refractivity contribution in [1.82, 2.24) is 0 Å². The zero-order valence-corrected chi connectivity index (χ0v) is 33.8. The Labute approximate surface area is 329 Å². The van der Waals surface area contributed by atoms with Crippen LogP contribution in [0.3, 0.4) is 0 Å². The van der Waals surface area contributed by atoms with E-state index in [1.807, 2.05) is 0 Å². The average molecular weight is 877 g/mol. The van der Waals surface area contributed by atoms with Gasteiger partial charge in [-0.2, -0.15) is 52.7 Å². The maximum absolute atomic E-state index is 14.1. The topological polar surface area (TPSA) is 0 Å². The molecule has 6 rings (SSSR count). The molecule has 0 bridgehead atoms. The van der Waals surface area contributed by atoms with E-state index in [1.165, 1.54) is 32.1 Å². The van der Waals surface area contributed by atoms with Crippen molar-refractivity contribution in [3.8, 4) is 0 Å². The van der Waals surface area contributed by atoms with Crippen LogP contribution in [0, 0.1) is 5.92 Å². The molecule has 0 heterocycles. The van der Waals surface area contributed by atoms with Gasteiger partial charge in [0, 0.05) is 17.1 Å². The van der Waals surface area contributed by atoms with E-state index < -0.39 is 79.1 Å². The van der Waals surface area contributed by atoms with Crippen LogP contribution >= 0.6 is 15.8 Å². The minimum Gasteiger partial charge on any atom is -0.166 e. The molecule has 2 aromatic rings. The van der Waals surface area contributed by atoms with Gasteiger partial charge in [0.1, 0.15) is 0 Å². The monoisotopic (exact) mass is 876 g/mol. The molecule has 0 spiro atoms. The molecule has 4 fully saturated rings. The SMILES string of the molecule is C1CCCC1.C[C@@H](C1CCCC1P(c1cc(C(F)(F)F)cc(C(F)(F)F)c1)c1cc(C(F)(F)F)cc(C(F)(F)F)c1)P(C1CCCCC1)C1CCCCC1.[Fe]. The first kappa shape index (κ1) is 46.7. The zero-order valence-electron chi connectivity index (χ0n) is 30.9. The summed E-state index contributed by atoms with van der Waals surface area (Å²) in [6.45, 7) is 2.09. The second-order valence-electron chi connectivity index (χ2n) is 15.6. The first-order valence-electron chi connectivity index (χ1n) is 19.4. The van der Waals surface area contributed by atoms with Gasteiger partial charge in [-0.25, -0.2) is 0 Å². The fourth-order valence-electron chi connectivity index (χ4n) is 9.37. The van der Waals surface area contributed by atoms with E-state index in [2.05, 4.69) is 6.92 Å². The third-order valence-electron chi connectivity index (χ3n) is 11.9. The molecule has 0 amide bonds. The fourth-order valence-corrected chi connectivity index (χ4v) is 17.6. The Morgan fingerprint density at radius 2 is 0.745 bits per heavy atom. The first-order valence-corrected chi connectivity index (χ1v) is 22.4. The minimum atomic E-state index is -5.24. The van der Waals surface area contributed by atoms with Gasteiger partial charge in [0.15, 0.2) is 0 Å². The largest absolute Gasteiger partial charge is 0.416 e. The van der Waals surface area contributed by atoms with Crippen molar-refractivity contribution < 1.29 is 69.8 Å². The molecule has 4 aliphatic rings. The number of alkyl halides is 12. The Morgan fingerprint density at radius 3 is 1.05 bits per heavy atom. The predicted molar refractivity (Wildman–Crippen MR) is 193 cm³/mol. The fraction of sp³-hybridized carbons (Fsp3) is 0.700. The number of hydrogen-bond donors (Lipinski definition) is 0. The van der Waals surface area contributed by atoms with Crippen LogP contribution in [0.25, 0.3) is 0 Å². The summed E-state index contributed by atoms with van der Waals surface area (Å²) in [4.78, 5) is 0. The van der Waals surface area contributed by atoms with E-state index in [1.54, 1.807) is 0 Å². The molecule has 55 heavy (non-hydrogen) atoms. The van der Waals surface area contributed by atoms with Gasteiger partial charge >= 0.3 is 24.7 Å². The Bertz CT molecular complexity index is 1340. The Morgan fingerprint density at radius 1 is 0.436 bits per heavy atom. The summed E-state index contributed by atoms with van der Waals surface area (Å²) < 4.78 is 169. The summed E-state index contributed by atoms with van der Waals surface area (Å²) in [5.74, 6) is -0.270. The Kier molecular flexibility index (Phi) is 16.4. The van der Waals surface area contributed by atoms with Crippen molar-refractivity contribution in [3.63, 3.8) is 0 Å². The van der Waals surface area contributed by atoms with Crippen LogP contribution in [0.2, 0.25) is 0 Å². The number of benzene rings is 2.